The lowest BCUT2D eigenvalue weighted by Crippen LogP contribution is -2.32. The van der Waals surface area contributed by atoms with Gasteiger partial charge in [0.2, 0.25) is 0 Å². The second-order valence-corrected chi connectivity index (χ2v) is 10.8. The molecule has 2 aromatic rings. The molecule has 3 nitrogen and oxygen atoms in total. The molecule has 0 aliphatic carbocycles. The van der Waals surface area contributed by atoms with Crippen molar-refractivity contribution in [1.82, 2.24) is 0 Å². The Balaban J connectivity index is 2.31. The third kappa shape index (κ3) is 3.74. The molecule has 1 atom stereocenters. The van der Waals surface area contributed by atoms with Crippen LogP contribution in [0.4, 0.5) is 26.3 Å². The minimum atomic E-state index is -6.55. The first kappa shape index (κ1) is 22.7. The van der Waals surface area contributed by atoms with Crippen LogP contribution in [0.5, 0.6) is 0 Å². The van der Waals surface area contributed by atoms with Crippen molar-refractivity contribution in [2.75, 3.05) is 0 Å². The van der Waals surface area contributed by atoms with Crippen LogP contribution in [0.2, 0.25) is 0 Å². The predicted octanol–water partition coefficient (Wildman–Crippen LogP) is 6.62. The van der Waals surface area contributed by atoms with Crippen molar-refractivity contribution < 1.29 is 38.4 Å². The first-order valence-electron chi connectivity index (χ1n) is 8.65. The molecule has 0 amide bonds. The average molecular weight is 470 g/mol. The van der Waals surface area contributed by atoms with E-state index in [1.54, 1.807) is 6.07 Å². The van der Waals surface area contributed by atoms with Gasteiger partial charge in [0, 0.05) is 20.1 Å². The highest BCUT2D eigenvalue weighted by atomic mass is 32.3. The molecule has 0 saturated carbocycles. The van der Waals surface area contributed by atoms with Crippen LogP contribution >= 0.6 is 10.3 Å². The quantitative estimate of drug-likeness (QED) is 0.365. The summed E-state index contributed by atoms with van der Waals surface area (Å²) >= 11 is 0. The first-order valence-corrected chi connectivity index (χ1v) is 11.6. The van der Waals surface area contributed by atoms with Gasteiger partial charge >= 0.3 is 21.1 Å². The van der Waals surface area contributed by atoms with E-state index in [-0.39, 0.29) is 11.1 Å². The number of hydrogen-bond acceptors (Lipinski definition) is 3. The minimum absolute atomic E-state index is 0.0400. The van der Waals surface area contributed by atoms with E-state index < -0.39 is 41.2 Å². The smallest absolute Gasteiger partial charge is 0.196 e. The molecule has 0 radical (unpaired) electrons. The van der Waals surface area contributed by atoms with Gasteiger partial charge in [-0.2, -0.15) is 38.4 Å². The molecule has 0 N–H and O–H groups in total. The third-order valence-corrected chi connectivity index (χ3v) is 9.09. The number of fused-ring (bicyclic) bond motifs is 1. The molecule has 164 valence electrons. The summed E-state index contributed by atoms with van der Waals surface area (Å²) < 4.78 is 110. The molecule has 30 heavy (non-hydrogen) atoms. The molecule has 0 aromatic heterocycles. The maximum Gasteiger partial charge on any atom is 0.523 e. The summed E-state index contributed by atoms with van der Waals surface area (Å²) in [5.74, 6) is 0. The van der Waals surface area contributed by atoms with Gasteiger partial charge in [0.1, 0.15) is 0 Å². The molecule has 3 rings (SSSR count). The summed E-state index contributed by atoms with van der Waals surface area (Å²) in [4.78, 5) is -1.27. The lowest BCUT2D eigenvalue weighted by Gasteiger charge is -2.39. The SMILES string of the molecule is CCCc1cccc(C2=Cc3ccccc3S2(OS(=O)(=O)C(F)(F)F)C(F)(F)F)c1. The molecule has 2 aromatic carbocycles. The fourth-order valence-corrected chi connectivity index (χ4v) is 7.65. The van der Waals surface area contributed by atoms with E-state index in [1.165, 1.54) is 36.4 Å². The van der Waals surface area contributed by atoms with E-state index in [0.29, 0.717) is 18.4 Å². The summed E-state index contributed by atoms with van der Waals surface area (Å²) in [5.41, 5.74) is -10.9. The standard InChI is InChI=1S/C19H16F6O3S2/c1-2-6-13-7-5-9-14(11-13)17-12-15-8-3-4-10-16(15)29(17,18(20,21)22)28-30(26,27)19(23,24)25/h3-5,7-12H,2,6H2,1H3. The minimum Gasteiger partial charge on any atom is -0.196 e. The van der Waals surface area contributed by atoms with Crippen molar-refractivity contribution in [1.29, 1.82) is 0 Å². The summed E-state index contributed by atoms with van der Waals surface area (Å²) in [5, 5.41) is 0. The summed E-state index contributed by atoms with van der Waals surface area (Å²) in [6.07, 6.45) is 2.28. The van der Waals surface area contributed by atoms with Crippen LogP contribution in [0.3, 0.4) is 0 Å². The van der Waals surface area contributed by atoms with E-state index in [9.17, 15) is 34.8 Å². The lowest BCUT2D eigenvalue weighted by molar-refractivity contribution is -0.0543. The van der Waals surface area contributed by atoms with Gasteiger partial charge in [-0.15, -0.1) is 0 Å². The Bertz CT molecular complexity index is 1090. The molecule has 1 aliphatic heterocycles. The predicted molar refractivity (Wildman–Crippen MR) is 103 cm³/mol. The van der Waals surface area contributed by atoms with Crippen LogP contribution in [0.25, 0.3) is 11.0 Å². The number of rotatable bonds is 5. The third-order valence-electron chi connectivity index (χ3n) is 4.38. The zero-order valence-electron chi connectivity index (χ0n) is 15.4. The van der Waals surface area contributed by atoms with Crippen molar-refractivity contribution in [2.24, 2.45) is 0 Å². The monoisotopic (exact) mass is 470 g/mol. The van der Waals surface area contributed by atoms with E-state index in [0.717, 1.165) is 12.1 Å². The highest BCUT2D eigenvalue weighted by molar-refractivity contribution is 8.41. The van der Waals surface area contributed by atoms with Crippen molar-refractivity contribution in [2.45, 2.75) is 35.7 Å². The normalized spacial score (nSPS) is 21.6. The van der Waals surface area contributed by atoms with Gasteiger partial charge in [-0.25, -0.2) is 0 Å². The van der Waals surface area contributed by atoms with Crippen LogP contribution < -0.4 is 0 Å². The second-order valence-electron chi connectivity index (χ2n) is 6.47. The molecule has 1 aliphatic rings. The average Bonchev–Trinajstić information content (AvgIpc) is 2.96. The van der Waals surface area contributed by atoms with E-state index >= 15 is 0 Å². The van der Waals surface area contributed by atoms with Crippen molar-refractivity contribution in [3.8, 4) is 0 Å². The summed E-state index contributed by atoms with van der Waals surface area (Å²) in [6.45, 7) is 1.86. The van der Waals surface area contributed by atoms with E-state index in [4.69, 9.17) is 0 Å². The van der Waals surface area contributed by atoms with Gasteiger partial charge in [0.15, 0.2) is 0 Å². The van der Waals surface area contributed by atoms with Gasteiger partial charge < -0.3 is 0 Å². The van der Waals surface area contributed by atoms with Crippen molar-refractivity contribution in [3.63, 3.8) is 0 Å². The summed E-state index contributed by atoms with van der Waals surface area (Å²) in [7, 11) is -11.6. The molecule has 1 heterocycles. The van der Waals surface area contributed by atoms with Crippen LogP contribution in [-0.4, -0.2) is 19.4 Å². The fraction of sp³-hybridized carbons (Fsp3) is 0.263. The van der Waals surface area contributed by atoms with Crippen LogP contribution in [0.15, 0.2) is 53.4 Å². The highest BCUT2D eigenvalue weighted by Crippen LogP contribution is 2.80. The number of alkyl halides is 6. The van der Waals surface area contributed by atoms with Gasteiger partial charge in [0.25, 0.3) is 0 Å². The Hall–Kier alpha value is -1.98. The van der Waals surface area contributed by atoms with Crippen molar-refractivity contribution >= 4 is 31.4 Å². The Morgan fingerprint density at radius 1 is 0.967 bits per heavy atom. The molecule has 0 fully saturated rings. The Morgan fingerprint density at radius 3 is 2.23 bits per heavy atom. The number of halogens is 6. The van der Waals surface area contributed by atoms with Gasteiger partial charge in [-0.1, -0.05) is 55.8 Å². The number of hydrogen-bond donors (Lipinski definition) is 0. The zero-order chi connectivity index (χ0) is 22.4. The Morgan fingerprint density at radius 2 is 1.63 bits per heavy atom. The Labute approximate surface area is 171 Å². The first-order chi connectivity index (χ1) is 13.8. The molecule has 0 spiro atoms. The molecule has 11 heteroatoms. The molecule has 1 unspecified atom stereocenters. The largest absolute Gasteiger partial charge is 0.523 e. The Kier molecular flexibility index (Phi) is 5.76. The van der Waals surface area contributed by atoms with Gasteiger partial charge in [-0.3, -0.25) is 0 Å². The van der Waals surface area contributed by atoms with Crippen LogP contribution in [0.1, 0.15) is 30.0 Å². The zero-order valence-corrected chi connectivity index (χ0v) is 17.1. The van der Waals surface area contributed by atoms with Gasteiger partial charge in [0.05, 0.1) is 0 Å². The van der Waals surface area contributed by atoms with E-state index in [1.807, 2.05) is 6.92 Å². The molecular weight excluding hydrogens is 454 g/mol. The number of aryl methyl sites for hydroxylation is 1. The fourth-order valence-electron chi connectivity index (χ4n) is 3.16. The van der Waals surface area contributed by atoms with Crippen LogP contribution in [-0.2, 0) is 20.2 Å². The maximum atomic E-state index is 14.4. The van der Waals surface area contributed by atoms with Crippen molar-refractivity contribution in [3.05, 3.63) is 65.2 Å². The number of benzene rings is 2. The highest BCUT2D eigenvalue weighted by Gasteiger charge is 2.64. The topological polar surface area (TPSA) is 43.4 Å². The van der Waals surface area contributed by atoms with Crippen LogP contribution in [0, 0.1) is 0 Å². The lowest BCUT2D eigenvalue weighted by atomic mass is 10.1. The molecule has 0 bridgehead atoms. The summed E-state index contributed by atoms with van der Waals surface area (Å²) in [6, 6.07) is 10.7. The van der Waals surface area contributed by atoms with Gasteiger partial charge in [-0.05, 0) is 35.3 Å². The molecular formula is C19H16F6O3S2. The van der Waals surface area contributed by atoms with E-state index in [2.05, 4.69) is 3.63 Å². The molecule has 0 saturated heterocycles. The maximum absolute atomic E-state index is 14.4. The second kappa shape index (κ2) is 7.61.